The Hall–Kier alpha value is -1.10. The molecule has 0 amide bonds. The zero-order valence-corrected chi connectivity index (χ0v) is 7.04. The number of nitrogens with zero attached hydrogens (tertiary/aromatic N) is 1. The molecule has 0 saturated heterocycles. The number of alkyl halides is 3. The number of benzene rings is 1. The SMILES string of the molecule is FC(F)(F)c1ccc2s[c]nc2c1. The summed E-state index contributed by atoms with van der Waals surface area (Å²) in [6.45, 7) is 0. The molecule has 0 spiro atoms. The summed E-state index contributed by atoms with van der Waals surface area (Å²) in [5.41, 5.74) is 2.22. The van der Waals surface area contributed by atoms with Gasteiger partial charge in [0.2, 0.25) is 0 Å². The van der Waals surface area contributed by atoms with E-state index in [0.29, 0.717) is 10.2 Å². The zero-order valence-electron chi connectivity index (χ0n) is 6.22. The Morgan fingerprint density at radius 3 is 2.77 bits per heavy atom. The molecule has 67 valence electrons. The van der Waals surface area contributed by atoms with Crippen molar-refractivity contribution in [3.8, 4) is 0 Å². The largest absolute Gasteiger partial charge is 0.416 e. The van der Waals surface area contributed by atoms with E-state index in [1.54, 1.807) is 0 Å². The Kier molecular flexibility index (Phi) is 1.76. The van der Waals surface area contributed by atoms with Crippen LogP contribution in [-0.4, -0.2) is 4.98 Å². The summed E-state index contributed by atoms with van der Waals surface area (Å²) in [6, 6.07) is 3.49. The second-order valence-electron chi connectivity index (χ2n) is 2.49. The summed E-state index contributed by atoms with van der Waals surface area (Å²) in [5, 5.41) is 0. The van der Waals surface area contributed by atoms with E-state index in [1.165, 1.54) is 17.4 Å². The Morgan fingerprint density at radius 1 is 1.31 bits per heavy atom. The van der Waals surface area contributed by atoms with Crippen molar-refractivity contribution in [1.29, 1.82) is 0 Å². The van der Waals surface area contributed by atoms with E-state index in [0.717, 1.165) is 12.1 Å². The molecule has 1 aromatic carbocycles. The van der Waals surface area contributed by atoms with Crippen LogP contribution in [0.4, 0.5) is 13.2 Å². The maximum atomic E-state index is 12.2. The molecule has 0 saturated carbocycles. The van der Waals surface area contributed by atoms with E-state index in [2.05, 4.69) is 10.5 Å². The van der Waals surface area contributed by atoms with E-state index in [9.17, 15) is 13.2 Å². The molecule has 1 aromatic heterocycles. The minimum absolute atomic E-state index is 0.347. The fourth-order valence-electron chi connectivity index (χ4n) is 0.989. The van der Waals surface area contributed by atoms with E-state index in [4.69, 9.17) is 0 Å². The van der Waals surface area contributed by atoms with Crippen LogP contribution in [0.15, 0.2) is 18.2 Å². The van der Waals surface area contributed by atoms with Crippen LogP contribution < -0.4 is 0 Å². The highest BCUT2D eigenvalue weighted by Gasteiger charge is 2.30. The molecule has 13 heavy (non-hydrogen) atoms. The van der Waals surface area contributed by atoms with Gasteiger partial charge >= 0.3 is 6.18 Å². The van der Waals surface area contributed by atoms with Gasteiger partial charge in [-0.1, -0.05) is 0 Å². The quantitative estimate of drug-likeness (QED) is 0.639. The van der Waals surface area contributed by atoms with Crippen LogP contribution in [0.5, 0.6) is 0 Å². The average Bonchev–Trinajstić information content (AvgIpc) is 2.47. The monoisotopic (exact) mass is 202 g/mol. The van der Waals surface area contributed by atoms with Gasteiger partial charge in [0.1, 0.15) is 0 Å². The molecule has 2 aromatic rings. The zero-order chi connectivity index (χ0) is 9.47. The lowest BCUT2D eigenvalue weighted by atomic mass is 10.2. The van der Waals surface area contributed by atoms with Gasteiger partial charge in [0.15, 0.2) is 5.51 Å². The Bertz CT molecular complexity index is 432. The second kappa shape index (κ2) is 2.70. The van der Waals surface area contributed by atoms with Gasteiger partial charge in [-0.3, -0.25) is 0 Å². The topological polar surface area (TPSA) is 12.9 Å². The van der Waals surface area contributed by atoms with Gasteiger partial charge in [0, 0.05) is 0 Å². The molecular weight excluding hydrogens is 199 g/mol. The molecule has 1 heterocycles. The highest BCUT2D eigenvalue weighted by Crippen LogP contribution is 2.31. The van der Waals surface area contributed by atoms with Gasteiger partial charge in [-0.2, -0.15) is 13.2 Å². The number of fused-ring (bicyclic) bond motifs is 1. The molecule has 5 heteroatoms. The molecule has 0 unspecified atom stereocenters. The predicted molar refractivity (Wildman–Crippen MR) is 43.5 cm³/mol. The standard InChI is InChI=1S/C8H3F3NS/c9-8(10,11)5-1-2-7-6(3-5)12-4-13-7/h1-3H. The Balaban J connectivity index is 2.61. The lowest BCUT2D eigenvalue weighted by Gasteiger charge is -2.04. The van der Waals surface area contributed by atoms with E-state index in [-0.39, 0.29) is 0 Å². The number of thiazole rings is 1. The number of hydrogen-bond donors (Lipinski definition) is 0. The molecule has 1 nitrogen and oxygen atoms in total. The number of aromatic nitrogens is 1. The fraction of sp³-hybridized carbons (Fsp3) is 0.125. The molecule has 0 N–H and O–H groups in total. The number of rotatable bonds is 0. The smallest absolute Gasteiger partial charge is 0.233 e. The van der Waals surface area contributed by atoms with Crippen molar-refractivity contribution in [2.45, 2.75) is 6.18 Å². The fourth-order valence-corrected chi connectivity index (χ4v) is 1.58. The third-order valence-electron chi connectivity index (χ3n) is 1.61. The van der Waals surface area contributed by atoms with Gasteiger partial charge in [0.05, 0.1) is 15.8 Å². The first-order chi connectivity index (χ1) is 6.07. The normalized spacial score (nSPS) is 12.2. The summed E-state index contributed by atoms with van der Waals surface area (Å²) < 4.78 is 37.3. The van der Waals surface area contributed by atoms with E-state index < -0.39 is 11.7 Å². The Morgan fingerprint density at radius 2 is 2.08 bits per heavy atom. The van der Waals surface area contributed by atoms with Crippen LogP contribution in [-0.2, 0) is 6.18 Å². The predicted octanol–water partition coefficient (Wildman–Crippen LogP) is 3.12. The summed E-state index contributed by atoms with van der Waals surface area (Å²) in [7, 11) is 0. The first-order valence-electron chi connectivity index (χ1n) is 3.41. The summed E-state index contributed by atoms with van der Waals surface area (Å²) >= 11 is 1.20. The van der Waals surface area contributed by atoms with Crippen LogP contribution in [0.25, 0.3) is 10.2 Å². The molecule has 0 aliphatic carbocycles. The van der Waals surface area contributed by atoms with E-state index in [1.807, 2.05) is 0 Å². The van der Waals surface area contributed by atoms with Crippen molar-refractivity contribution in [2.75, 3.05) is 0 Å². The summed E-state index contributed by atoms with van der Waals surface area (Å²) in [4.78, 5) is 3.69. The molecular formula is C8H3F3NS. The van der Waals surface area contributed by atoms with Crippen LogP contribution in [0.1, 0.15) is 5.56 Å². The van der Waals surface area contributed by atoms with Crippen molar-refractivity contribution in [2.24, 2.45) is 0 Å². The highest BCUT2D eigenvalue weighted by molar-refractivity contribution is 7.16. The molecule has 0 fully saturated rings. The van der Waals surface area contributed by atoms with Crippen molar-refractivity contribution in [1.82, 2.24) is 4.98 Å². The minimum Gasteiger partial charge on any atom is -0.233 e. The Labute approximate surface area is 75.8 Å². The van der Waals surface area contributed by atoms with Gasteiger partial charge < -0.3 is 0 Å². The third kappa shape index (κ3) is 1.51. The number of hydrogen-bond acceptors (Lipinski definition) is 2. The van der Waals surface area contributed by atoms with E-state index >= 15 is 0 Å². The maximum absolute atomic E-state index is 12.2. The minimum atomic E-state index is -4.29. The molecule has 0 bridgehead atoms. The molecule has 1 radical (unpaired) electrons. The third-order valence-corrected chi connectivity index (χ3v) is 2.36. The van der Waals surface area contributed by atoms with Crippen molar-refractivity contribution in [3.63, 3.8) is 0 Å². The van der Waals surface area contributed by atoms with Crippen LogP contribution in [0, 0.1) is 5.51 Å². The second-order valence-corrected chi connectivity index (χ2v) is 3.31. The van der Waals surface area contributed by atoms with Gasteiger partial charge in [-0.05, 0) is 18.2 Å². The molecule has 0 aliphatic heterocycles. The van der Waals surface area contributed by atoms with Gasteiger partial charge in [-0.25, -0.2) is 4.98 Å². The van der Waals surface area contributed by atoms with Gasteiger partial charge in [-0.15, -0.1) is 11.3 Å². The average molecular weight is 202 g/mol. The maximum Gasteiger partial charge on any atom is 0.416 e. The van der Waals surface area contributed by atoms with Crippen LogP contribution >= 0.6 is 11.3 Å². The molecule has 2 rings (SSSR count). The first-order valence-corrected chi connectivity index (χ1v) is 4.23. The van der Waals surface area contributed by atoms with Crippen molar-refractivity contribution < 1.29 is 13.2 Å². The first kappa shape index (κ1) is 8.50. The number of halogens is 3. The lowest BCUT2D eigenvalue weighted by molar-refractivity contribution is -0.137. The molecule has 0 aliphatic rings. The molecule has 0 atom stereocenters. The van der Waals surface area contributed by atoms with Gasteiger partial charge in [0.25, 0.3) is 0 Å². The summed E-state index contributed by atoms with van der Waals surface area (Å²) in [5.74, 6) is 0. The highest BCUT2D eigenvalue weighted by atomic mass is 32.1. The van der Waals surface area contributed by atoms with Crippen LogP contribution in [0.3, 0.4) is 0 Å². The lowest BCUT2D eigenvalue weighted by Crippen LogP contribution is -2.03. The van der Waals surface area contributed by atoms with Crippen molar-refractivity contribution >= 4 is 21.6 Å². The summed E-state index contributed by atoms with van der Waals surface area (Å²) in [6.07, 6.45) is -4.29. The van der Waals surface area contributed by atoms with Crippen molar-refractivity contribution in [3.05, 3.63) is 29.3 Å². The van der Waals surface area contributed by atoms with Crippen LogP contribution in [0.2, 0.25) is 0 Å².